The van der Waals surface area contributed by atoms with Gasteiger partial charge in [0.1, 0.15) is 6.61 Å². The lowest BCUT2D eigenvalue weighted by Gasteiger charge is -2.15. The molecule has 0 saturated carbocycles. The number of thioether (sulfide) groups is 1. The quantitative estimate of drug-likeness (QED) is 0.233. The summed E-state index contributed by atoms with van der Waals surface area (Å²) >= 11 is 3.45. The third-order valence-electron chi connectivity index (χ3n) is 5.10. The highest BCUT2D eigenvalue weighted by Gasteiger charge is 2.24. The largest absolute Gasteiger partial charge is 0.490 e. The molecule has 4 rings (SSSR count). The Kier molecular flexibility index (Phi) is 8.32. The summed E-state index contributed by atoms with van der Waals surface area (Å²) in [5.41, 5.74) is 3.64. The van der Waals surface area contributed by atoms with E-state index >= 15 is 0 Å². The SMILES string of the molecule is CCOc1cc(/C=C2/SC(=Nc3ccc(C)cc3)NC2=O)cc(I)c1OCc1cccc(C(=O)O)c1. The van der Waals surface area contributed by atoms with Crippen LogP contribution in [0.4, 0.5) is 5.69 Å². The number of rotatable bonds is 8. The molecule has 0 bridgehead atoms. The van der Waals surface area contributed by atoms with Gasteiger partial charge in [-0.2, -0.15) is 0 Å². The van der Waals surface area contributed by atoms with Gasteiger partial charge in [-0.3, -0.25) is 4.79 Å². The van der Waals surface area contributed by atoms with Crippen LogP contribution in [-0.2, 0) is 11.4 Å². The topological polar surface area (TPSA) is 97.2 Å². The number of halogens is 1. The molecule has 1 heterocycles. The molecule has 1 aliphatic rings. The highest BCUT2D eigenvalue weighted by Crippen LogP contribution is 2.37. The van der Waals surface area contributed by atoms with Gasteiger partial charge in [0.25, 0.3) is 5.91 Å². The third-order valence-corrected chi connectivity index (χ3v) is 6.81. The highest BCUT2D eigenvalue weighted by molar-refractivity contribution is 14.1. The number of nitrogens with one attached hydrogen (secondary N) is 1. The molecule has 0 atom stereocenters. The van der Waals surface area contributed by atoms with Crippen molar-refractivity contribution in [1.82, 2.24) is 5.32 Å². The summed E-state index contributed by atoms with van der Waals surface area (Å²) in [4.78, 5) is 28.8. The second-order valence-electron chi connectivity index (χ2n) is 7.87. The molecule has 7 nitrogen and oxygen atoms in total. The van der Waals surface area contributed by atoms with E-state index in [2.05, 4.69) is 32.9 Å². The molecule has 1 amide bonds. The number of ether oxygens (including phenoxy) is 2. The maximum atomic E-state index is 12.6. The van der Waals surface area contributed by atoms with Crippen molar-refractivity contribution in [1.29, 1.82) is 0 Å². The second-order valence-corrected chi connectivity index (χ2v) is 10.1. The standard InChI is InChI=1S/C27H23IN2O5S/c1-3-34-22-13-18(12-21(28)24(22)35-15-17-5-4-6-19(11-17)26(32)33)14-23-25(31)30-27(36-23)29-20-9-7-16(2)8-10-20/h4-14H,3,15H2,1-2H3,(H,32,33)(H,29,30,31)/b23-14+. The van der Waals surface area contributed by atoms with Crippen LogP contribution in [-0.4, -0.2) is 28.8 Å². The molecule has 3 aromatic rings. The molecule has 184 valence electrons. The van der Waals surface area contributed by atoms with Gasteiger partial charge >= 0.3 is 5.97 Å². The Bertz CT molecular complexity index is 1370. The molecule has 3 aromatic carbocycles. The first-order valence-electron chi connectivity index (χ1n) is 11.1. The molecule has 0 spiro atoms. The Labute approximate surface area is 226 Å². The van der Waals surface area contributed by atoms with E-state index in [9.17, 15) is 14.7 Å². The Morgan fingerprint density at radius 1 is 1.14 bits per heavy atom. The van der Waals surface area contributed by atoms with Crippen LogP contribution in [0.1, 0.15) is 34.0 Å². The van der Waals surface area contributed by atoms with E-state index in [1.807, 2.05) is 56.3 Å². The number of hydrogen-bond donors (Lipinski definition) is 2. The zero-order valence-electron chi connectivity index (χ0n) is 19.6. The maximum absolute atomic E-state index is 12.6. The lowest BCUT2D eigenvalue weighted by atomic mass is 10.1. The summed E-state index contributed by atoms with van der Waals surface area (Å²) in [5.74, 6) is -0.0924. The van der Waals surface area contributed by atoms with Gasteiger partial charge in [0.05, 0.1) is 26.3 Å². The molecule has 0 aliphatic carbocycles. The molecule has 0 radical (unpaired) electrons. The number of carbonyl (C=O) groups excluding carboxylic acids is 1. The van der Waals surface area contributed by atoms with Crippen molar-refractivity contribution in [2.45, 2.75) is 20.5 Å². The monoisotopic (exact) mass is 614 g/mol. The smallest absolute Gasteiger partial charge is 0.335 e. The minimum absolute atomic E-state index is 0.189. The molecule has 36 heavy (non-hydrogen) atoms. The third kappa shape index (κ3) is 6.46. The molecular weight excluding hydrogens is 591 g/mol. The second kappa shape index (κ2) is 11.6. The summed E-state index contributed by atoms with van der Waals surface area (Å²) in [6.07, 6.45) is 1.79. The Hall–Kier alpha value is -3.31. The normalized spacial score (nSPS) is 15.2. The number of carboxylic acids is 1. The molecular formula is C27H23IN2O5S. The lowest BCUT2D eigenvalue weighted by molar-refractivity contribution is -0.115. The van der Waals surface area contributed by atoms with E-state index in [1.54, 1.807) is 18.2 Å². The summed E-state index contributed by atoms with van der Waals surface area (Å²) in [6.45, 7) is 4.51. The number of hydrogen-bond acceptors (Lipinski definition) is 6. The fraction of sp³-hybridized carbons (Fsp3) is 0.148. The van der Waals surface area contributed by atoms with Crippen LogP contribution in [0.25, 0.3) is 6.08 Å². The van der Waals surface area contributed by atoms with Crippen molar-refractivity contribution in [2.75, 3.05) is 6.61 Å². The van der Waals surface area contributed by atoms with E-state index in [1.165, 1.54) is 17.8 Å². The number of nitrogens with zero attached hydrogens (tertiary/aromatic N) is 1. The highest BCUT2D eigenvalue weighted by atomic mass is 127. The van der Waals surface area contributed by atoms with Gasteiger partial charge in [-0.05, 0) is 102 Å². The van der Waals surface area contributed by atoms with E-state index in [0.29, 0.717) is 28.2 Å². The minimum Gasteiger partial charge on any atom is -0.490 e. The number of aryl methyl sites for hydroxylation is 1. The molecule has 1 aliphatic heterocycles. The number of carbonyl (C=O) groups is 2. The average Bonchev–Trinajstić information content (AvgIpc) is 3.18. The fourth-order valence-electron chi connectivity index (χ4n) is 3.39. The summed E-state index contributed by atoms with van der Waals surface area (Å²) < 4.78 is 12.7. The van der Waals surface area contributed by atoms with E-state index in [-0.39, 0.29) is 18.1 Å². The lowest BCUT2D eigenvalue weighted by Crippen LogP contribution is -2.19. The van der Waals surface area contributed by atoms with Gasteiger partial charge in [0, 0.05) is 0 Å². The average molecular weight is 614 g/mol. The predicted octanol–water partition coefficient (Wildman–Crippen LogP) is 6.17. The number of amides is 1. The zero-order chi connectivity index (χ0) is 25.7. The number of aromatic carboxylic acids is 1. The van der Waals surface area contributed by atoms with Crippen LogP contribution in [0.15, 0.2) is 70.6 Å². The van der Waals surface area contributed by atoms with Crippen molar-refractivity contribution in [3.8, 4) is 11.5 Å². The molecule has 1 saturated heterocycles. The zero-order valence-corrected chi connectivity index (χ0v) is 22.6. The van der Waals surface area contributed by atoms with Gasteiger partial charge in [-0.1, -0.05) is 29.8 Å². The molecule has 1 fully saturated rings. The van der Waals surface area contributed by atoms with E-state index in [0.717, 1.165) is 25.9 Å². The van der Waals surface area contributed by atoms with E-state index in [4.69, 9.17) is 9.47 Å². The van der Waals surface area contributed by atoms with Gasteiger partial charge < -0.3 is 19.9 Å². The Morgan fingerprint density at radius 3 is 2.64 bits per heavy atom. The van der Waals surface area contributed by atoms with Crippen LogP contribution in [0.3, 0.4) is 0 Å². The van der Waals surface area contributed by atoms with Crippen molar-refractivity contribution in [3.05, 3.63) is 91.4 Å². The number of amidine groups is 1. The van der Waals surface area contributed by atoms with Crippen LogP contribution in [0.2, 0.25) is 0 Å². The van der Waals surface area contributed by atoms with Gasteiger partial charge in [-0.15, -0.1) is 0 Å². The summed E-state index contributed by atoms with van der Waals surface area (Å²) in [6, 6.07) is 18.1. The first-order chi connectivity index (χ1) is 17.3. The number of benzene rings is 3. The van der Waals surface area contributed by atoms with Crippen LogP contribution in [0.5, 0.6) is 11.5 Å². The summed E-state index contributed by atoms with van der Waals surface area (Å²) in [5, 5.41) is 12.6. The van der Waals surface area contributed by atoms with E-state index < -0.39 is 5.97 Å². The molecule has 2 N–H and O–H groups in total. The van der Waals surface area contributed by atoms with Gasteiger partial charge in [0.2, 0.25) is 0 Å². The molecule has 0 aromatic heterocycles. The van der Waals surface area contributed by atoms with Crippen molar-refractivity contribution in [3.63, 3.8) is 0 Å². The van der Waals surface area contributed by atoms with Crippen molar-refractivity contribution in [2.24, 2.45) is 4.99 Å². The van der Waals surface area contributed by atoms with Gasteiger partial charge in [-0.25, -0.2) is 9.79 Å². The molecule has 9 heteroatoms. The first-order valence-corrected chi connectivity index (χ1v) is 13.0. The maximum Gasteiger partial charge on any atom is 0.335 e. The Morgan fingerprint density at radius 2 is 1.92 bits per heavy atom. The number of aliphatic imine (C=N–C) groups is 1. The number of carboxylic acid groups (broad SMARTS) is 1. The van der Waals surface area contributed by atoms with Gasteiger partial charge in [0.15, 0.2) is 16.7 Å². The van der Waals surface area contributed by atoms with Crippen LogP contribution in [0, 0.1) is 10.5 Å². The Balaban J connectivity index is 1.55. The predicted molar refractivity (Wildman–Crippen MR) is 150 cm³/mol. The minimum atomic E-state index is -0.986. The summed E-state index contributed by atoms with van der Waals surface area (Å²) in [7, 11) is 0. The fourth-order valence-corrected chi connectivity index (χ4v) is 5.02. The van der Waals surface area contributed by atoms with Crippen molar-refractivity contribution < 1.29 is 24.2 Å². The van der Waals surface area contributed by atoms with Crippen LogP contribution >= 0.6 is 34.4 Å². The molecule has 0 unspecified atom stereocenters. The van der Waals surface area contributed by atoms with Crippen molar-refractivity contribution >= 4 is 63.2 Å². The first kappa shape index (κ1) is 25.8. The van der Waals surface area contributed by atoms with Crippen LogP contribution < -0.4 is 14.8 Å².